The molecule has 0 unspecified atom stereocenters. The van der Waals surface area contributed by atoms with E-state index in [0.29, 0.717) is 22.5 Å². The number of aryl methyl sites for hydroxylation is 1. The monoisotopic (exact) mass is 401 g/mol. The molecule has 0 spiro atoms. The minimum absolute atomic E-state index is 0.162. The standard InChI is InChI=1S/C18H19N5O4S/c1-2-3-7-21-16(25)15-13(6-9-28-15)23-17(21)20-22(18(23)26)11-14(24)19-10-12-5-4-8-27-12/h4-6,8-9H,2-3,7,10-11H2,1H3,(H,19,24). The van der Waals surface area contributed by atoms with Crippen molar-refractivity contribution in [1.82, 2.24) is 24.1 Å². The smallest absolute Gasteiger partial charge is 0.352 e. The van der Waals surface area contributed by atoms with Crippen molar-refractivity contribution in [2.45, 2.75) is 39.4 Å². The van der Waals surface area contributed by atoms with Crippen LogP contribution < -0.4 is 16.6 Å². The van der Waals surface area contributed by atoms with Crippen LogP contribution in [0.25, 0.3) is 16.0 Å². The quantitative estimate of drug-likeness (QED) is 0.506. The Bertz CT molecular complexity index is 1240. The maximum absolute atomic E-state index is 12.9. The topological polar surface area (TPSA) is 104 Å². The number of nitrogens with zero attached hydrogens (tertiary/aromatic N) is 4. The molecule has 0 bridgehead atoms. The number of rotatable bonds is 7. The van der Waals surface area contributed by atoms with E-state index in [9.17, 15) is 14.4 Å². The van der Waals surface area contributed by atoms with Gasteiger partial charge in [-0.3, -0.25) is 14.2 Å². The highest BCUT2D eigenvalue weighted by molar-refractivity contribution is 7.17. The molecule has 0 saturated heterocycles. The number of thiophene rings is 1. The van der Waals surface area contributed by atoms with Crippen LogP contribution in [0.3, 0.4) is 0 Å². The zero-order chi connectivity index (χ0) is 19.7. The Morgan fingerprint density at radius 3 is 2.93 bits per heavy atom. The summed E-state index contributed by atoms with van der Waals surface area (Å²) in [6.07, 6.45) is 3.22. The number of hydrogen-bond donors (Lipinski definition) is 1. The fourth-order valence-corrected chi connectivity index (χ4v) is 3.87. The van der Waals surface area contributed by atoms with E-state index in [1.165, 1.54) is 26.6 Å². The minimum Gasteiger partial charge on any atom is -0.467 e. The summed E-state index contributed by atoms with van der Waals surface area (Å²) in [5.74, 6) is 0.503. The zero-order valence-electron chi connectivity index (χ0n) is 15.3. The average Bonchev–Trinajstić information content (AvgIpc) is 3.41. The largest absolute Gasteiger partial charge is 0.467 e. The predicted octanol–water partition coefficient (Wildman–Crippen LogP) is 1.58. The molecule has 9 nitrogen and oxygen atoms in total. The molecule has 1 amide bonds. The average molecular weight is 401 g/mol. The molecule has 0 atom stereocenters. The molecule has 10 heteroatoms. The summed E-state index contributed by atoms with van der Waals surface area (Å²) in [5, 5.41) is 8.75. The number of aromatic nitrogens is 4. The highest BCUT2D eigenvalue weighted by Gasteiger charge is 2.19. The van der Waals surface area contributed by atoms with Crippen molar-refractivity contribution in [2.24, 2.45) is 0 Å². The summed E-state index contributed by atoms with van der Waals surface area (Å²) >= 11 is 1.30. The molecule has 1 N–H and O–H groups in total. The van der Waals surface area contributed by atoms with E-state index in [1.807, 2.05) is 6.92 Å². The molecule has 0 aliphatic heterocycles. The van der Waals surface area contributed by atoms with E-state index in [4.69, 9.17) is 4.42 Å². The van der Waals surface area contributed by atoms with Gasteiger partial charge in [0.2, 0.25) is 11.7 Å². The maximum atomic E-state index is 12.9. The Kier molecular flexibility index (Phi) is 4.86. The van der Waals surface area contributed by atoms with Crippen molar-refractivity contribution >= 4 is 33.2 Å². The van der Waals surface area contributed by atoms with Crippen molar-refractivity contribution in [3.05, 3.63) is 56.4 Å². The Labute approximate surface area is 162 Å². The van der Waals surface area contributed by atoms with E-state index in [1.54, 1.807) is 23.6 Å². The molecule has 4 heterocycles. The fourth-order valence-electron chi connectivity index (χ4n) is 3.05. The first-order valence-corrected chi connectivity index (χ1v) is 9.86. The van der Waals surface area contributed by atoms with Crippen molar-refractivity contribution in [1.29, 1.82) is 0 Å². The van der Waals surface area contributed by atoms with Crippen LogP contribution >= 0.6 is 11.3 Å². The SMILES string of the molecule is CCCCn1c(=O)c2sccc2n2c(=O)n(CC(=O)NCc3ccco3)nc12. The van der Waals surface area contributed by atoms with Gasteiger partial charge in [0.05, 0.1) is 18.3 Å². The first kappa shape index (κ1) is 18.2. The number of carbonyl (C=O) groups is 1. The normalized spacial score (nSPS) is 11.5. The molecule has 0 fully saturated rings. The van der Waals surface area contributed by atoms with Gasteiger partial charge in [0, 0.05) is 6.54 Å². The molecule has 0 radical (unpaired) electrons. The number of carbonyl (C=O) groups excluding carboxylic acids is 1. The summed E-state index contributed by atoms with van der Waals surface area (Å²) in [7, 11) is 0. The molecule has 4 aromatic rings. The van der Waals surface area contributed by atoms with E-state index in [-0.39, 0.29) is 30.3 Å². The maximum Gasteiger partial charge on any atom is 0.352 e. The number of furan rings is 1. The Morgan fingerprint density at radius 2 is 2.18 bits per heavy atom. The molecule has 0 aliphatic rings. The van der Waals surface area contributed by atoms with Crippen LogP contribution in [0.2, 0.25) is 0 Å². The van der Waals surface area contributed by atoms with Gasteiger partial charge in [-0.05, 0) is 30.0 Å². The summed E-state index contributed by atoms with van der Waals surface area (Å²) in [4.78, 5) is 38.0. The highest BCUT2D eigenvalue weighted by Crippen LogP contribution is 2.17. The van der Waals surface area contributed by atoms with Gasteiger partial charge >= 0.3 is 5.69 Å². The number of fused-ring (bicyclic) bond motifs is 3. The van der Waals surface area contributed by atoms with Crippen LogP contribution in [0.1, 0.15) is 25.5 Å². The summed E-state index contributed by atoms with van der Waals surface area (Å²) < 4.78 is 9.69. The van der Waals surface area contributed by atoms with Gasteiger partial charge in [0.15, 0.2) is 0 Å². The fraction of sp³-hybridized carbons (Fsp3) is 0.333. The van der Waals surface area contributed by atoms with E-state index in [2.05, 4.69) is 10.4 Å². The second kappa shape index (κ2) is 7.47. The first-order valence-electron chi connectivity index (χ1n) is 8.98. The van der Waals surface area contributed by atoms with E-state index in [0.717, 1.165) is 17.5 Å². The van der Waals surface area contributed by atoms with Crippen molar-refractivity contribution < 1.29 is 9.21 Å². The Balaban J connectivity index is 1.72. The third-order valence-electron chi connectivity index (χ3n) is 4.46. The minimum atomic E-state index is -0.447. The van der Waals surface area contributed by atoms with Gasteiger partial charge in [0.1, 0.15) is 17.0 Å². The molecular formula is C18H19N5O4S. The van der Waals surface area contributed by atoms with Crippen LogP contribution in [-0.4, -0.2) is 24.7 Å². The highest BCUT2D eigenvalue weighted by atomic mass is 32.1. The van der Waals surface area contributed by atoms with Crippen molar-refractivity contribution in [2.75, 3.05) is 0 Å². The predicted molar refractivity (Wildman–Crippen MR) is 105 cm³/mol. The number of nitrogens with one attached hydrogen (secondary N) is 1. The van der Waals surface area contributed by atoms with Crippen LogP contribution in [0.5, 0.6) is 0 Å². The van der Waals surface area contributed by atoms with Gasteiger partial charge in [0.25, 0.3) is 5.56 Å². The van der Waals surface area contributed by atoms with Crippen LogP contribution in [-0.2, 0) is 24.4 Å². The van der Waals surface area contributed by atoms with Gasteiger partial charge in [-0.15, -0.1) is 16.4 Å². The molecule has 4 rings (SSSR count). The number of amides is 1. The summed E-state index contributed by atoms with van der Waals surface area (Å²) in [6, 6.07) is 5.20. The molecule has 4 aromatic heterocycles. The Hall–Kier alpha value is -3.14. The third kappa shape index (κ3) is 3.15. The number of hydrogen-bond acceptors (Lipinski definition) is 6. The van der Waals surface area contributed by atoms with Crippen molar-refractivity contribution in [3.8, 4) is 0 Å². The van der Waals surface area contributed by atoms with Crippen LogP contribution in [0.4, 0.5) is 0 Å². The van der Waals surface area contributed by atoms with Crippen LogP contribution in [0.15, 0.2) is 43.8 Å². The van der Waals surface area contributed by atoms with Gasteiger partial charge in [-0.25, -0.2) is 13.9 Å². The van der Waals surface area contributed by atoms with Gasteiger partial charge < -0.3 is 9.73 Å². The summed E-state index contributed by atoms with van der Waals surface area (Å²) in [6.45, 7) is 2.48. The molecule has 0 saturated carbocycles. The lowest BCUT2D eigenvalue weighted by molar-refractivity contribution is -0.122. The van der Waals surface area contributed by atoms with Gasteiger partial charge in [-0.1, -0.05) is 13.3 Å². The second-order valence-electron chi connectivity index (χ2n) is 6.38. The van der Waals surface area contributed by atoms with Gasteiger partial charge in [-0.2, -0.15) is 0 Å². The van der Waals surface area contributed by atoms with E-state index >= 15 is 0 Å². The molecule has 0 aromatic carbocycles. The van der Waals surface area contributed by atoms with E-state index < -0.39 is 5.69 Å². The molecule has 28 heavy (non-hydrogen) atoms. The zero-order valence-corrected chi connectivity index (χ0v) is 16.1. The lowest BCUT2D eigenvalue weighted by Gasteiger charge is -2.06. The number of unbranched alkanes of at least 4 members (excludes halogenated alkanes) is 1. The Morgan fingerprint density at radius 1 is 1.32 bits per heavy atom. The lowest BCUT2D eigenvalue weighted by atomic mass is 10.3. The second-order valence-corrected chi connectivity index (χ2v) is 7.29. The molecular weight excluding hydrogens is 382 g/mol. The lowest BCUT2D eigenvalue weighted by Crippen LogP contribution is -2.32. The van der Waals surface area contributed by atoms with Crippen LogP contribution in [0, 0.1) is 0 Å². The first-order chi connectivity index (χ1) is 13.6. The third-order valence-corrected chi connectivity index (χ3v) is 5.35. The van der Waals surface area contributed by atoms with Crippen molar-refractivity contribution in [3.63, 3.8) is 0 Å². The molecule has 0 aliphatic carbocycles. The summed E-state index contributed by atoms with van der Waals surface area (Å²) in [5.41, 5.74) is -0.0906. The molecule has 146 valence electrons.